The van der Waals surface area contributed by atoms with Crippen LogP contribution in [-0.4, -0.2) is 50.2 Å². The minimum Gasteiger partial charge on any atom is -0.315 e. The van der Waals surface area contributed by atoms with Crippen LogP contribution in [-0.2, 0) is 0 Å². The Bertz CT molecular complexity index is 185. The Morgan fingerprint density at radius 2 is 1.93 bits per heavy atom. The van der Waals surface area contributed by atoms with E-state index in [-0.39, 0.29) is 0 Å². The van der Waals surface area contributed by atoms with Crippen LogP contribution in [0.5, 0.6) is 0 Å². The topological polar surface area (TPSA) is 27.3 Å². The Balaban J connectivity index is 1.87. The Morgan fingerprint density at radius 3 is 2.40 bits per heavy atom. The Morgan fingerprint density at radius 1 is 1.27 bits per heavy atom. The van der Waals surface area contributed by atoms with Crippen molar-refractivity contribution in [1.29, 1.82) is 0 Å². The molecule has 1 saturated carbocycles. The summed E-state index contributed by atoms with van der Waals surface area (Å²) >= 11 is 0. The van der Waals surface area contributed by atoms with Gasteiger partial charge in [-0.2, -0.15) is 0 Å². The van der Waals surface area contributed by atoms with E-state index in [0.29, 0.717) is 12.1 Å². The predicted octanol–water partition coefficient (Wildman–Crippen LogP) is 0.668. The van der Waals surface area contributed by atoms with E-state index < -0.39 is 0 Å². The number of rotatable bonds is 4. The van der Waals surface area contributed by atoms with Gasteiger partial charge in [0.15, 0.2) is 0 Å². The molecule has 1 aliphatic heterocycles. The van der Waals surface area contributed by atoms with Crippen molar-refractivity contribution >= 4 is 0 Å². The summed E-state index contributed by atoms with van der Waals surface area (Å²) in [6.07, 6.45) is 4.31. The van der Waals surface area contributed by atoms with Gasteiger partial charge < -0.3 is 10.6 Å². The minimum absolute atomic E-state index is 0.697. The largest absolute Gasteiger partial charge is 0.315 e. The van der Waals surface area contributed by atoms with Crippen LogP contribution >= 0.6 is 0 Å². The molecular formula is C12H25N3. The van der Waals surface area contributed by atoms with E-state index in [4.69, 9.17) is 0 Å². The van der Waals surface area contributed by atoms with Gasteiger partial charge in [0, 0.05) is 38.3 Å². The van der Waals surface area contributed by atoms with E-state index in [2.05, 4.69) is 29.5 Å². The van der Waals surface area contributed by atoms with Gasteiger partial charge in [0.2, 0.25) is 0 Å². The van der Waals surface area contributed by atoms with E-state index in [0.717, 1.165) is 19.0 Å². The molecule has 15 heavy (non-hydrogen) atoms. The van der Waals surface area contributed by atoms with Crippen molar-refractivity contribution < 1.29 is 0 Å². The highest BCUT2D eigenvalue weighted by Crippen LogP contribution is 2.31. The lowest BCUT2D eigenvalue weighted by molar-refractivity contribution is 0.102. The molecule has 1 heterocycles. The van der Waals surface area contributed by atoms with Crippen LogP contribution in [0.2, 0.25) is 0 Å². The first-order valence-electron chi connectivity index (χ1n) is 6.45. The van der Waals surface area contributed by atoms with Crippen molar-refractivity contribution in [3.8, 4) is 0 Å². The summed E-state index contributed by atoms with van der Waals surface area (Å²) in [5, 5.41) is 6.96. The van der Waals surface area contributed by atoms with Crippen LogP contribution in [0, 0.1) is 5.92 Å². The Hall–Kier alpha value is -0.120. The number of nitrogens with one attached hydrogen (secondary N) is 2. The summed E-state index contributed by atoms with van der Waals surface area (Å²) < 4.78 is 0. The smallest absolute Gasteiger partial charge is 0.0245 e. The van der Waals surface area contributed by atoms with Gasteiger partial charge in [-0.3, -0.25) is 4.90 Å². The van der Waals surface area contributed by atoms with Crippen LogP contribution in [0.25, 0.3) is 0 Å². The molecule has 0 bridgehead atoms. The molecule has 2 rings (SSSR count). The number of likely N-dealkylation sites (N-methyl/N-ethyl adjacent to an activating group) is 1. The highest BCUT2D eigenvalue weighted by Gasteiger charge is 2.32. The van der Waals surface area contributed by atoms with Crippen LogP contribution in [0.1, 0.15) is 26.2 Å². The zero-order valence-corrected chi connectivity index (χ0v) is 10.1. The van der Waals surface area contributed by atoms with E-state index in [1.807, 2.05) is 0 Å². The standard InChI is InChI=1S/C12H25N3/c1-10(15-8-6-14-7-9-15)12(13-2)11-4-3-5-11/h10-14H,3-9H2,1-2H3. The summed E-state index contributed by atoms with van der Waals surface area (Å²) in [5.74, 6) is 0.930. The Kier molecular flexibility index (Phi) is 4.00. The maximum absolute atomic E-state index is 3.54. The third-order valence-electron chi connectivity index (χ3n) is 4.24. The average Bonchev–Trinajstić information content (AvgIpc) is 2.23. The van der Waals surface area contributed by atoms with Crippen LogP contribution in [0.3, 0.4) is 0 Å². The van der Waals surface area contributed by atoms with Gasteiger partial charge in [0.1, 0.15) is 0 Å². The van der Waals surface area contributed by atoms with Crippen LogP contribution in [0.4, 0.5) is 0 Å². The van der Waals surface area contributed by atoms with E-state index in [1.54, 1.807) is 0 Å². The van der Waals surface area contributed by atoms with Crippen molar-refractivity contribution in [1.82, 2.24) is 15.5 Å². The van der Waals surface area contributed by atoms with Gasteiger partial charge in [-0.05, 0) is 32.7 Å². The quantitative estimate of drug-likeness (QED) is 0.716. The summed E-state index contributed by atoms with van der Waals surface area (Å²) in [6, 6.07) is 1.40. The average molecular weight is 211 g/mol. The first kappa shape index (κ1) is 11.4. The number of nitrogens with zero attached hydrogens (tertiary/aromatic N) is 1. The molecule has 0 spiro atoms. The third-order valence-corrected chi connectivity index (χ3v) is 4.24. The second-order valence-corrected chi connectivity index (χ2v) is 5.03. The van der Waals surface area contributed by atoms with Crippen molar-refractivity contribution in [3.63, 3.8) is 0 Å². The van der Waals surface area contributed by atoms with Gasteiger partial charge in [-0.25, -0.2) is 0 Å². The fourth-order valence-electron chi connectivity index (χ4n) is 2.99. The molecule has 2 aliphatic rings. The SMILES string of the molecule is CNC(C1CCC1)C(C)N1CCNCC1. The number of hydrogen-bond donors (Lipinski definition) is 2. The van der Waals surface area contributed by atoms with Gasteiger partial charge in [0.05, 0.1) is 0 Å². The fraction of sp³-hybridized carbons (Fsp3) is 1.00. The molecular weight excluding hydrogens is 186 g/mol. The highest BCUT2D eigenvalue weighted by molar-refractivity contribution is 4.90. The lowest BCUT2D eigenvalue weighted by Crippen LogP contribution is -2.57. The van der Waals surface area contributed by atoms with E-state index in [9.17, 15) is 0 Å². The summed E-state index contributed by atoms with van der Waals surface area (Å²) in [4.78, 5) is 2.63. The van der Waals surface area contributed by atoms with Gasteiger partial charge >= 0.3 is 0 Å². The van der Waals surface area contributed by atoms with Gasteiger partial charge in [-0.1, -0.05) is 6.42 Å². The summed E-state index contributed by atoms with van der Waals surface area (Å²) in [6.45, 7) is 7.14. The maximum atomic E-state index is 3.54. The zero-order chi connectivity index (χ0) is 10.7. The third kappa shape index (κ3) is 2.52. The van der Waals surface area contributed by atoms with Crippen molar-refractivity contribution in [2.45, 2.75) is 38.3 Å². The van der Waals surface area contributed by atoms with Crippen molar-refractivity contribution in [2.24, 2.45) is 5.92 Å². The molecule has 0 aromatic heterocycles. The fourth-order valence-corrected chi connectivity index (χ4v) is 2.99. The molecule has 2 atom stereocenters. The molecule has 88 valence electrons. The Labute approximate surface area is 93.6 Å². The molecule has 0 aromatic rings. The molecule has 0 amide bonds. The summed E-state index contributed by atoms with van der Waals surface area (Å²) in [5.41, 5.74) is 0. The molecule has 0 radical (unpaired) electrons. The molecule has 2 unspecified atom stereocenters. The first-order chi connectivity index (χ1) is 7.33. The first-order valence-corrected chi connectivity index (χ1v) is 6.45. The molecule has 0 aromatic carbocycles. The number of hydrogen-bond acceptors (Lipinski definition) is 3. The van der Waals surface area contributed by atoms with Gasteiger partial charge in [-0.15, -0.1) is 0 Å². The highest BCUT2D eigenvalue weighted by atomic mass is 15.2. The lowest BCUT2D eigenvalue weighted by Gasteiger charge is -2.43. The van der Waals surface area contributed by atoms with Crippen LogP contribution < -0.4 is 10.6 Å². The summed E-state index contributed by atoms with van der Waals surface area (Å²) in [7, 11) is 2.13. The normalized spacial score (nSPS) is 28.4. The molecule has 3 nitrogen and oxygen atoms in total. The molecule has 2 N–H and O–H groups in total. The van der Waals surface area contributed by atoms with Crippen molar-refractivity contribution in [3.05, 3.63) is 0 Å². The minimum atomic E-state index is 0.697. The lowest BCUT2D eigenvalue weighted by atomic mass is 9.77. The monoisotopic (exact) mass is 211 g/mol. The van der Waals surface area contributed by atoms with Crippen molar-refractivity contribution in [2.75, 3.05) is 33.2 Å². The molecule has 1 aliphatic carbocycles. The molecule has 1 saturated heterocycles. The second-order valence-electron chi connectivity index (χ2n) is 5.03. The van der Waals surface area contributed by atoms with E-state index >= 15 is 0 Å². The van der Waals surface area contributed by atoms with E-state index in [1.165, 1.54) is 32.4 Å². The molecule has 2 fully saturated rings. The number of piperazine rings is 1. The second kappa shape index (κ2) is 5.28. The zero-order valence-electron chi connectivity index (χ0n) is 10.1. The van der Waals surface area contributed by atoms with Crippen LogP contribution in [0.15, 0.2) is 0 Å². The van der Waals surface area contributed by atoms with Gasteiger partial charge in [0.25, 0.3) is 0 Å². The maximum Gasteiger partial charge on any atom is 0.0245 e. The predicted molar refractivity (Wildman–Crippen MR) is 64.1 cm³/mol. The molecule has 3 heteroatoms.